The minimum absolute atomic E-state index is 0.0859. The molecule has 180 valence electrons. The molecular weight excluding hydrogens is 444 g/mol. The number of phenolic OH excluding ortho intramolecular Hbond substituents is 1. The van der Waals surface area contributed by atoms with E-state index in [0.717, 1.165) is 11.1 Å². The fraction of sp³-hybridized carbons (Fsp3) is 0.310. The number of benzene rings is 2. The van der Waals surface area contributed by atoms with Crippen molar-refractivity contribution in [2.24, 2.45) is 11.8 Å². The topological polar surface area (TPSA) is 115 Å². The van der Waals surface area contributed by atoms with E-state index < -0.39 is 46.8 Å². The Kier molecular flexibility index (Phi) is 5.16. The molecule has 3 aliphatic rings. The SMILES string of the molecule is C=C(C)C1=C(C)C[C@H]2[C@H](O)[C@@H]3C(=C(O)c4c(O)ccc(-c5ccccc5)c4[C@H]3C)C(=O)[C@@]2(O)C1=O. The van der Waals surface area contributed by atoms with Gasteiger partial charge < -0.3 is 20.4 Å². The van der Waals surface area contributed by atoms with Crippen LogP contribution >= 0.6 is 0 Å². The van der Waals surface area contributed by atoms with E-state index >= 15 is 0 Å². The van der Waals surface area contributed by atoms with Gasteiger partial charge in [-0.3, -0.25) is 9.59 Å². The van der Waals surface area contributed by atoms with Gasteiger partial charge in [0.25, 0.3) is 0 Å². The highest BCUT2D eigenvalue weighted by atomic mass is 16.3. The largest absolute Gasteiger partial charge is 0.507 e. The van der Waals surface area contributed by atoms with E-state index in [4.69, 9.17) is 0 Å². The number of carbonyl (C=O) groups excluding carboxylic acids is 2. The fourth-order valence-electron chi connectivity index (χ4n) is 6.43. The molecule has 5 rings (SSSR count). The number of hydrogen-bond donors (Lipinski definition) is 4. The summed E-state index contributed by atoms with van der Waals surface area (Å²) in [5.41, 5.74) is 0.861. The molecule has 35 heavy (non-hydrogen) atoms. The second-order valence-corrected chi connectivity index (χ2v) is 10.0. The van der Waals surface area contributed by atoms with Crippen molar-refractivity contribution in [1.82, 2.24) is 0 Å². The number of allylic oxidation sites excluding steroid dienone is 2. The van der Waals surface area contributed by atoms with E-state index in [1.807, 2.05) is 37.3 Å². The van der Waals surface area contributed by atoms with Crippen LogP contribution in [0.5, 0.6) is 5.75 Å². The lowest BCUT2D eigenvalue weighted by atomic mass is 9.54. The van der Waals surface area contributed by atoms with Gasteiger partial charge in [-0.15, -0.1) is 0 Å². The molecule has 0 amide bonds. The first-order chi connectivity index (χ1) is 16.5. The van der Waals surface area contributed by atoms with Crippen LogP contribution in [0.3, 0.4) is 0 Å². The number of rotatable bonds is 2. The Labute approximate surface area is 203 Å². The molecule has 0 spiro atoms. The van der Waals surface area contributed by atoms with Gasteiger partial charge in [-0.1, -0.05) is 55.5 Å². The number of Topliss-reactive ketones (excluding diaryl/α,β-unsaturated/α-hetero) is 2. The van der Waals surface area contributed by atoms with Crippen LogP contribution in [0.2, 0.25) is 0 Å². The Morgan fingerprint density at radius 1 is 1.06 bits per heavy atom. The first-order valence-corrected chi connectivity index (χ1v) is 11.7. The van der Waals surface area contributed by atoms with Gasteiger partial charge in [0.05, 0.1) is 11.7 Å². The maximum Gasteiger partial charge on any atom is 0.202 e. The highest BCUT2D eigenvalue weighted by molar-refractivity contribution is 6.26. The van der Waals surface area contributed by atoms with E-state index in [9.17, 15) is 30.0 Å². The Morgan fingerprint density at radius 3 is 2.34 bits per heavy atom. The third kappa shape index (κ3) is 2.96. The van der Waals surface area contributed by atoms with Gasteiger partial charge in [0.2, 0.25) is 11.6 Å². The number of carbonyl (C=O) groups is 2. The average molecular weight is 473 g/mol. The number of aliphatic hydroxyl groups excluding tert-OH is 2. The first kappa shape index (κ1) is 23.3. The molecule has 0 aliphatic heterocycles. The van der Waals surface area contributed by atoms with Crippen molar-refractivity contribution >= 4 is 17.3 Å². The molecule has 0 radical (unpaired) electrons. The molecule has 0 saturated heterocycles. The third-order valence-corrected chi connectivity index (χ3v) is 7.99. The van der Waals surface area contributed by atoms with Crippen molar-refractivity contribution < 1.29 is 30.0 Å². The smallest absolute Gasteiger partial charge is 0.202 e. The Bertz CT molecular complexity index is 1370. The second kappa shape index (κ2) is 7.77. The third-order valence-electron chi connectivity index (χ3n) is 7.99. The van der Waals surface area contributed by atoms with Crippen LogP contribution in [0, 0.1) is 11.8 Å². The molecule has 0 heterocycles. The van der Waals surface area contributed by atoms with Crippen LogP contribution in [0.4, 0.5) is 0 Å². The lowest BCUT2D eigenvalue weighted by Crippen LogP contribution is -2.65. The number of aliphatic hydroxyl groups is 3. The molecule has 2 aromatic rings. The first-order valence-electron chi connectivity index (χ1n) is 11.7. The van der Waals surface area contributed by atoms with E-state index in [1.165, 1.54) is 6.07 Å². The Balaban J connectivity index is 1.77. The van der Waals surface area contributed by atoms with Crippen molar-refractivity contribution in [3.05, 3.63) is 82.5 Å². The predicted molar refractivity (Wildman–Crippen MR) is 132 cm³/mol. The number of ketones is 2. The monoisotopic (exact) mass is 472 g/mol. The molecule has 0 bridgehead atoms. The van der Waals surface area contributed by atoms with Crippen molar-refractivity contribution in [2.45, 2.75) is 44.8 Å². The normalized spacial score (nSPS) is 30.1. The maximum absolute atomic E-state index is 13.8. The second-order valence-electron chi connectivity index (χ2n) is 10.0. The van der Waals surface area contributed by atoms with Gasteiger partial charge in [0.1, 0.15) is 11.5 Å². The van der Waals surface area contributed by atoms with Crippen molar-refractivity contribution in [3.8, 4) is 16.9 Å². The van der Waals surface area contributed by atoms with Gasteiger partial charge in [0.15, 0.2) is 5.60 Å². The van der Waals surface area contributed by atoms with Gasteiger partial charge in [-0.25, -0.2) is 0 Å². The zero-order valence-corrected chi connectivity index (χ0v) is 19.9. The Hall–Kier alpha value is -3.48. The van der Waals surface area contributed by atoms with Crippen LogP contribution in [-0.4, -0.2) is 43.7 Å². The van der Waals surface area contributed by atoms with Crippen LogP contribution < -0.4 is 0 Å². The van der Waals surface area contributed by atoms with Gasteiger partial charge in [0, 0.05) is 23.0 Å². The number of fused-ring (bicyclic) bond motifs is 3. The minimum Gasteiger partial charge on any atom is -0.507 e. The Morgan fingerprint density at radius 2 is 1.71 bits per heavy atom. The molecule has 0 unspecified atom stereocenters. The molecule has 0 aromatic heterocycles. The molecule has 3 aliphatic carbocycles. The van der Waals surface area contributed by atoms with Gasteiger partial charge >= 0.3 is 0 Å². The summed E-state index contributed by atoms with van der Waals surface area (Å²) in [4.78, 5) is 27.3. The van der Waals surface area contributed by atoms with Crippen LogP contribution in [0.1, 0.15) is 44.2 Å². The summed E-state index contributed by atoms with van der Waals surface area (Å²) < 4.78 is 0. The average Bonchev–Trinajstić information content (AvgIpc) is 2.82. The highest BCUT2D eigenvalue weighted by Crippen LogP contribution is 2.56. The lowest BCUT2D eigenvalue weighted by molar-refractivity contribution is -0.167. The zero-order valence-electron chi connectivity index (χ0n) is 19.9. The fourth-order valence-corrected chi connectivity index (χ4v) is 6.43. The summed E-state index contributed by atoms with van der Waals surface area (Å²) in [5, 5.41) is 45.3. The maximum atomic E-state index is 13.8. The van der Waals surface area contributed by atoms with E-state index in [-0.39, 0.29) is 28.9 Å². The summed E-state index contributed by atoms with van der Waals surface area (Å²) in [7, 11) is 0. The van der Waals surface area contributed by atoms with E-state index in [2.05, 4.69) is 6.58 Å². The summed E-state index contributed by atoms with van der Waals surface area (Å²) in [6, 6.07) is 12.7. The quantitative estimate of drug-likeness (QED) is 0.487. The standard InChI is InChI=1S/C29H28O6/c1-13(2)20-14(3)12-18-25(31)22-15(4)21-17(16-8-6-5-7-9-16)10-11-19(30)23(21)26(32)24(22)28(34)29(18,35)27(20)33/h5-11,15,18,22,25,30-32,35H,1,12H2,2-4H3/t15-,18+,22+,25+,29+/m1/s1. The molecule has 4 N–H and O–H groups in total. The lowest BCUT2D eigenvalue weighted by Gasteiger charge is -2.51. The van der Waals surface area contributed by atoms with Crippen molar-refractivity contribution in [3.63, 3.8) is 0 Å². The van der Waals surface area contributed by atoms with E-state index in [0.29, 0.717) is 16.7 Å². The predicted octanol–water partition coefficient (Wildman–Crippen LogP) is 4.22. The summed E-state index contributed by atoms with van der Waals surface area (Å²) >= 11 is 0. The molecular formula is C29H28O6. The number of hydrogen-bond acceptors (Lipinski definition) is 6. The number of aromatic hydroxyl groups is 1. The highest BCUT2D eigenvalue weighted by Gasteiger charge is 2.64. The van der Waals surface area contributed by atoms with Crippen LogP contribution in [0.25, 0.3) is 16.9 Å². The minimum atomic E-state index is -2.52. The molecule has 5 atom stereocenters. The summed E-state index contributed by atoms with van der Waals surface area (Å²) in [5.74, 6) is -4.88. The van der Waals surface area contributed by atoms with Crippen molar-refractivity contribution in [2.75, 3.05) is 0 Å². The zero-order chi connectivity index (χ0) is 25.4. The molecule has 1 fully saturated rings. The summed E-state index contributed by atoms with van der Waals surface area (Å²) in [6.07, 6.45) is -1.14. The molecule has 1 saturated carbocycles. The molecule has 6 heteroatoms. The van der Waals surface area contributed by atoms with Gasteiger partial charge in [-0.2, -0.15) is 0 Å². The molecule has 2 aromatic carbocycles. The van der Waals surface area contributed by atoms with Gasteiger partial charge in [-0.05, 0) is 54.5 Å². The van der Waals surface area contributed by atoms with Crippen molar-refractivity contribution in [1.29, 1.82) is 0 Å². The number of phenols is 1. The van der Waals surface area contributed by atoms with Crippen LogP contribution in [0.15, 0.2) is 71.3 Å². The molecule has 6 nitrogen and oxygen atoms in total. The van der Waals surface area contributed by atoms with Crippen LogP contribution in [-0.2, 0) is 9.59 Å². The van der Waals surface area contributed by atoms with E-state index in [1.54, 1.807) is 19.9 Å². The summed E-state index contributed by atoms with van der Waals surface area (Å²) in [6.45, 7) is 9.02.